The molecule has 0 atom stereocenters. The molecule has 0 saturated carbocycles. The van der Waals surface area contributed by atoms with Crippen LogP contribution in [-0.4, -0.2) is 7.85 Å². The van der Waals surface area contributed by atoms with Crippen molar-refractivity contribution in [3.05, 3.63) is 52.1 Å². The van der Waals surface area contributed by atoms with Crippen molar-refractivity contribution in [1.82, 2.24) is 0 Å². The highest BCUT2D eigenvalue weighted by molar-refractivity contribution is 14.1. The first-order valence-electron chi connectivity index (χ1n) is 4.58. The van der Waals surface area contributed by atoms with E-state index in [-0.39, 0.29) is 0 Å². The van der Waals surface area contributed by atoms with E-state index in [1.54, 1.807) is 0 Å². The molecule has 2 rings (SSSR count). The summed E-state index contributed by atoms with van der Waals surface area (Å²) in [5.41, 5.74) is 3.90. The Labute approximate surface area is 98.9 Å². The largest absolute Gasteiger partial charge is 0.139 e. The molecule has 14 heavy (non-hydrogen) atoms. The van der Waals surface area contributed by atoms with Crippen LogP contribution in [0.25, 0.3) is 11.1 Å². The number of benzene rings is 2. The highest BCUT2D eigenvalue weighted by Gasteiger charge is 1.98. The van der Waals surface area contributed by atoms with E-state index in [1.807, 2.05) is 6.07 Å². The Morgan fingerprint density at radius 3 is 2.21 bits per heavy atom. The Balaban J connectivity index is 2.52. The first-order chi connectivity index (χ1) is 6.75. The Hall–Kier alpha value is -0.765. The van der Waals surface area contributed by atoms with Crippen LogP contribution in [0.1, 0.15) is 0 Å². The summed E-state index contributed by atoms with van der Waals surface area (Å²) in [6.07, 6.45) is 0. The third-order valence-electron chi connectivity index (χ3n) is 2.15. The molecular weight excluding hydrogens is 282 g/mol. The summed E-state index contributed by atoms with van der Waals surface area (Å²) in [5.74, 6) is 0. The second-order valence-corrected chi connectivity index (χ2v) is 4.63. The minimum absolute atomic E-state index is 1.29. The molecule has 2 heteroatoms. The van der Waals surface area contributed by atoms with Crippen LogP contribution in [0.15, 0.2) is 48.5 Å². The van der Waals surface area contributed by atoms with Crippen molar-refractivity contribution < 1.29 is 0 Å². The fraction of sp³-hybridized carbons (Fsp3) is 0. The van der Waals surface area contributed by atoms with Gasteiger partial charge in [-0.2, -0.15) is 0 Å². The molecule has 2 aromatic carbocycles. The van der Waals surface area contributed by atoms with Crippen LogP contribution in [0, 0.1) is 3.57 Å². The lowest BCUT2D eigenvalue weighted by Gasteiger charge is -2.03. The van der Waals surface area contributed by atoms with E-state index in [9.17, 15) is 0 Å². The highest BCUT2D eigenvalue weighted by atomic mass is 127. The predicted octanol–water partition coefficient (Wildman–Crippen LogP) is 2.22. The number of hydrogen-bond acceptors (Lipinski definition) is 0. The molecule has 0 aliphatic heterocycles. The number of hydrogen-bond donors (Lipinski definition) is 0. The van der Waals surface area contributed by atoms with Crippen molar-refractivity contribution >= 4 is 35.9 Å². The second-order valence-electron chi connectivity index (χ2n) is 3.38. The van der Waals surface area contributed by atoms with Crippen LogP contribution in [-0.2, 0) is 0 Å². The van der Waals surface area contributed by atoms with Gasteiger partial charge in [0, 0.05) is 3.57 Å². The zero-order valence-electron chi connectivity index (χ0n) is 8.00. The average Bonchev–Trinajstić information content (AvgIpc) is 2.18. The molecule has 0 fully saturated rings. The quantitative estimate of drug-likeness (QED) is 0.558. The van der Waals surface area contributed by atoms with Crippen LogP contribution in [0.2, 0.25) is 0 Å². The monoisotopic (exact) mass is 292 g/mol. The summed E-state index contributed by atoms with van der Waals surface area (Å²) in [7, 11) is 2.13. The lowest BCUT2D eigenvalue weighted by atomic mass is 9.92. The van der Waals surface area contributed by atoms with Crippen LogP contribution in [0.3, 0.4) is 0 Å². The van der Waals surface area contributed by atoms with E-state index in [2.05, 4.69) is 72.9 Å². The zero-order chi connectivity index (χ0) is 9.97. The summed E-state index contributed by atoms with van der Waals surface area (Å²) in [6, 6.07) is 17.1. The standard InChI is InChI=1S/C12H10BI/c13-11-6-10(7-12(14)8-11)9-4-2-1-3-5-9/h1-8H,13H2. The van der Waals surface area contributed by atoms with Gasteiger partial charge >= 0.3 is 0 Å². The van der Waals surface area contributed by atoms with Gasteiger partial charge in [-0.15, -0.1) is 0 Å². The summed E-state index contributed by atoms with van der Waals surface area (Å²) >= 11 is 2.36. The van der Waals surface area contributed by atoms with Gasteiger partial charge in [0.15, 0.2) is 0 Å². The van der Waals surface area contributed by atoms with Crippen molar-refractivity contribution in [2.75, 3.05) is 0 Å². The molecular formula is C12H10BI. The summed E-state index contributed by atoms with van der Waals surface area (Å²) in [5, 5.41) is 0. The lowest BCUT2D eigenvalue weighted by Crippen LogP contribution is -2.02. The Bertz CT molecular complexity index is 417. The minimum Gasteiger partial charge on any atom is -0.0873 e. The van der Waals surface area contributed by atoms with Gasteiger partial charge < -0.3 is 0 Å². The first-order valence-corrected chi connectivity index (χ1v) is 5.66. The molecule has 0 heterocycles. The summed E-state index contributed by atoms with van der Waals surface area (Å²) < 4.78 is 1.29. The van der Waals surface area contributed by atoms with Gasteiger partial charge in [0.05, 0.1) is 0 Å². The van der Waals surface area contributed by atoms with Gasteiger partial charge in [0.1, 0.15) is 7.85 Å². The van der Waals surface area contributed by atoms with Crippen molar-refractivity contribution in [3.63, 3.8) is 0 Å². The molecule has 0 N–H and O–H groups in total. The Morgan fingerprint density at radius 2 is 1.57 bits per heavy atom. The van der Waals surface area contributed by atoms with E-state index < -0.39 is 0 Å². The zero-order valence-corrected chi connectivity index (χ0v) is 10.2. The van der Waals surface area contributed by atoms with Gasteiger partial charge in [0.25, 0.3) is 0 Å². The molecule has 0 spiro atoms. The van der Waals surface area contributed by atoms with E-state index in [1.165, 1.54) is 20.2 Å². The van der Waals surface area contributed by atoms with Crippen molar-refractivity contribution in [2.24, 2.45) is 0 Å². The maximum Gasteiger partial charge on any atom is 0.139 e. The molecule has 0 radical (unpaired) electrons. The molecule has 0 aliphatic rings. The third-order valence-corrected chi connectivity index (χ3v) is 2.77. The molecule has 0 aromatic heterocycles. The van der Waals surface area contributed by atoms with Crippen LogP contribution < -0.4 is 5.46 Å². The van der Waals surface area contributed by atoms with Crippen molar-refractivity contribution in [1.29, 1.82) is 0 Å². The molecule has 0 unspecified atom stereocenters. The van der Waals surface area contributed by atoms with Crippen molar-refractivity contribution in [2.45, 2.75) is 0 Å². The van der Waals surface area contributed by atoms with Crippen molar-refractivity contribution in [3.8, 4) is 11.1 Å². The van der Waals surface area contributed by atoms with E-state index in [4.69, 9.17) is 0 Å². The van der Waals surface area contributed by atoms with E-state index in [0.29, 0.717) is 0 Å². The molecule has 0 saturated heterocycles. The lowest BCUT2D eigenvalue weighted by molar-refractivity contribution is 1.61. The predicted molar refractivity (Wildman–Crippen MR) is 72.8 cm³/mol. The number of rotatable bonds is 1. The Kier molecular flexibility index (Phi) is 2.92. The normalized spacial score (nSPS) is 10.1. The summed E-state index contributed by atoms with van der Waals surface area (Å²) in [4.78, 5) is 0. The van der Waals surface area contributed by atoms with Gasteiger partial charge in [-0.25, -0.2) is 0 Å². The molecule has 68 valence electrons. The third kappa shape index (κ3) is 2.18. The van der Waals surface area contributed by atoms with Gasteiger partial charge in [-0.1, -0.05) is 47.9 Å². The smallest absolute Gasteiger partial charge is 0.0873 e. The molecule has 2 aromatic rings. The maximum atomic E-state index is 2.36. The Morgan fingerprint density at radius 1 is 0.857 bits per heavy atom. The fourth-order valence-corrected chi connectivity index (χ4v) is 2.36. The first kappa shape index (κ1) is 9.78. The van der Waals surface area contributed by atoms with Crippen LogP contribution in [0.4, 0.5) is 0 Å². The van der Waals surface area contributed by atoms with Gasteiger partial charge in [-0.3, -0.25) is 0 Å². The minimum atomic E-state index is 1.29. The maximum absolute atomic E-state index is 2.36. The molecule has 0 bridgehead atoms. The number of halogens is 1. The SMILES string of the molecule is Bc1cc(I)cc(-c2ccccc2)c1. The topological polar surface area (TPSA) is 0 Å². The second kappa shape index (κ2) is 4.17. The molecule has 0 aliphatic carbocycles. The van der Waals surface area contributed by atoms with Gasteiger partial charge in [-0.05, 0) is 39.8 Å². The van der Waals surface area contributed by atoms with E-state index in [0.717, 1.165) is 0 Å². The summed E-state index contributed by atoms with van der Waals surface area (Å²) in [6.45, 7) is 0. The van der Waals surface area contributed by atoms with Gasteiger partial charge in [0.2, 0.25) is 0 Å². The average molecular weight is 292 g/mol. The highest BCUT2D eigenvalue weighted by Crippen LogP contribution is 2.19. The van der Waals surface area contributed by atoms with Crippen LogP contribution >= 0.6 is 22.6 Å². The molecule has 0 amide bonds. The van der Waals surface area contributed by atoms with Crippen LogP contribution in [0.5, 0.6) is 0 Å². The fourth-order valence-electron chi connectivity index (χ4n) is 1.53. The molecule has 0 nitrogen and oxygen atoms in total. The van der Waals surface area contributed by atoms with E-state index >= 15 is 0 Å².